The Kier molecular flexibility index (Phi) is 3.00. The van der Waals surface area contributed by atoms with Gasteiger partial charge in [-0.25, -0.2) is 0 Å². The summed E-state index contributed by atoms with van der Waals surface area (Å²) in [6.45, 7) is 1.96. The van der Waals surface area contributed by atoms with E-state index >= 15 is 0 Å². The lowest BCUT2D eigenvalue weighted by Crippen LogP contribution is -2.55. The molecule has 1 N–H and O–H groups in total. The highest BCUT2D eigenvalue weighted by Gasteiger charge is 2.64. The fourth-order valence-corrected chi connectivity index (χ4v) is 4.01. The van der Waals surface area contributed by atoms with Gasteiger partial charge in [-0.3, -0.25) is 19.2 Å². The molecule has 0 spiro atoms. The van der Waals surface area contributed by atoms with Crippen LogP contribution in [0.15, 0.2) is 35.5 Å². The molecule has 24 heavy (non-hydrogen) atoms. The summed E-state index contributed by atoms with van der Waals surface area (Å²) in [7, 11) is 0. The Balaban J connectivity index is 2.03. The van der Waals surface area contributed by atoms with Crippen molar-refractivity contribution < 1.29 is 23.9 Å². The number of benzene rings is 1. The Morgan fingerprint density at radius 3 is 2.54 bits per heavy atom. The number of Topliss-reactive ketones (excluding diaryl/α,β-unsaturated/α-hetero) is 3. The average molecular weight is 325 g/mol. The Hall–Kier alpha value is -2.76. The Labute approximate surface area is 137 Å². The molecule has 2 aliphatic heterocycles. The number of ether oxygens (including phenoxy) is 1. The maximum atomic E-state index is 13.1. The van der Waals surface area contributed by atoms with Gasteiger partial charge in [0.25, 0.3) is 0 Å². The van der Waals surface area contributed by atoms with Gasteiger partial charge < -0.3 is 10.1 Å². The van der Waals surface area contributed by atoms with Crippen molar-refractivity contribution in [2.75, 3.05) is 13.2 Å². The lowest BCUT2D eigenvalue weighted by atomic mass is 9.61. The number of cyclic esters (lactones) is 1. The van der Waals surface area contributed by atoms with Crippen LogP contribution in [0.4, 0.5) is 0 Å². The molecule has 6 heteroatoms. The Morgan fingerprint density at radius 1 is 1.21 bits per heavy atom. The summed E-state index contributed by atoms with van der Waals surface area (Å²) in [6, 6.07) is 6.46. The first-order valence-electron chi connectivity index (χ1n) is 7.91. The molecule has 2 heterocycles. The third-order valence-electron chi connectivity index (χ3n) is 5.15. The summed E-state index contributed by atoms with van der Waals surface area (Å²) in [6.07, 6.45) is 0.0888. The van der Waals surface area contributed by atoms with Crippen LogP contribution in [0.25, 0.3) is 0 Å². The van der Waals surface area contributed by atoms with E-state index in [1.807, 2.05) is 0 Å². The number of carbonyl (C=O) groups excluding carboxylic acids is 4. The van der Waals surface area contributed by atoms with Crippen molar-refractivity contribution in [3.05, 3.63) is 46.7 Å². The van der Waals surface area contributed by atoms with Crippen molar-refractivity contribution in [3.8, 4) is 0 Å². The van der Waals surface area contributed by atoms with Crippen molar-refractivity contribution in [3.63, 3.8) is 0 Å². The minimum Gasteiger partial charge on any atom is -0.464 e. The zero-order valence-electron chi connectivity index (χ0n) is 13.0. The SMILES string of the molecule is CCC(=O)[C@]12C(=O)OC[C@H]1CNC1=C2C(=O)c2ccccc2C1=O. The highest BCUT2D eigenvalue weighted by Crippen LogP contribution is 2.49. The van der Waals surface area contributed by atoms with E-state index in [1.54, 1.807) is 31.2 Å². The second-order valence-corrected chi connectivity index (χ2v) is 6.21. The Bertz CT molecular complexity index is 853. The quantitative estimate of drug-likeness (QED) is 0.646. The number of nitrogens with one attached hydrogen (secondary N) is 1. The third-order valence-corrected chi connectivity index (χ3v) is 5.15. The largest absolute Gasteiger partial charge is 0.464 e. The summed E-state index contributed by atoms with van der Waals surface area (Å²) in [5, 5.41) is 2.96. The number of hydrogen-bond acceptors (Lipinski definition) is 6. The minimum absolute atomic E-state index is 0.0307. The number of allylic oxidation sites excluding steroid dienone is 1. The Morgan fingerprint density at radius 2 is 1.88 bits per heavy atom. The van der Waals surface area contributed by atoms with Crippen molar-refractivity contribution >= 4 is 23.3 Å². The standard InChI is InChI=1S/C18H15NO5/c1-2-12(20)18-9(8-24-17(18)23)7-19-14-13(18)15(21)10-5-3-4-6-11(10)16(14)22/h3-6,9,19H,2,7-8H2,1H3/t9-,18-/m1/s1. The monoisotopic (exact) mass is 325 g/mol. The first kappa shape index (κ1) is 14.8. The van der Waals surface area contributed by atoms with Gasteiger partial charge in [0.1, 0.15) is 0 Å². The van der Waals surface area contributed by atoms with Crippen LogP contribution in [0.2, 0.25) is 0 Å². The van der Waals surface area contributed by atoms with Crippen LogP contribution in [0.3, 0.4) is 0 Å². The molecule has 0 unspecified atom stereocenters. The van der Waals surface area contributed by atoms with Crippen molar-refractivity contribution in [2.45, 2.75) is 13.3 Å². The maximum Gasteiger partial charge on any atom is 0.324 e. The van der Waals surface area contributed by atoms with Gasteiger partial charge in [0.15, 0.2) is 17.0 Å². The van der Waals surface area contributed by atoms with Crippen LogP contribution in [-0.4, -0.2) is 36.5 Å². The van der Waals surface area contributed by atoms with Gasteiger partial charge in [-0.2, -0.15) is 0 Å². The lowest BCUT2D eigenvalue weighted by Gasteiger charge is -2.39. The number of carbonyl (C=O) groups is 4. The first-order chi connectivity index (χ1) is 11.5. The van der Waals surface area contributed by atoms with Crippen molar-refractivity contribution in [1.29, 1.82) is 0 Å². The predicted molar refractivity (Wildman–Crippen MR) is 82.3 cm³/mol. The highest BCUT2D eigenvalue weighted by atomic mass is 16.5. The highest BCUT2D eigenvalue weighted by molar-refractivity contribution is 6.31. The van der Waals surface area contributed by atoms with E-state index in [0.29, 0.717) is 0 Å². The van der Waals surface area contributed by atoms with E-state index in [1.165, 1.54) is 0 Å². The van der Waals surface area contributed by atoms with Gasteiger partial charge in [-0.1, -0.05) is 31.2 Å². The molecule has 1 fully saturated rings. The molecule has 0 amide bonds. The van der Waals surface area contributed by atoms with Gasteiger partial charge >= 0.3 is 5.97 Å². The van der Waals surface area contributed by atoms with Crippen LogP contribution >= 0.6 is 0 Å². The molecular formula is C18H15NO5. The van der Waals surface area contributed by atoms with Crippen LogP contribution < -0.4 is 5.32 Å². The number of esters is 1. The summed E-state index contributed by atoms with van der Waals surface area (Å²) >= 11 is 0. The topological polar surface area (TPSA) is 89.5 Å². The van der Waals surface area contributed by atoms with E-state index in [2.05, 4.69) is 5.32 Å². The van der Waals surface area contributed by atoms with E-state index in [4.69, 9.17) is 4.74 Å². The lowest BCUT2D eigenvalue weighted by molar-refractivity contribution is -0.149. The van der Waals surface area contributed by atoms with Crippen LogP contribution in [0.1, 0.15) is 34.1 Å². The number of hydrogen-bond donors (Lipinski definition) is 1. The molecule has 1 aromatic carbocycles. The average Bonchev–Trinajstić information content (AvgIpc) is 2.96. The van der Waals surface area contributed by atoms with Gasteiger partial charge in [0.05, 0.1) is 17.9 Å². The predicted octanol–water partition coefficient (Wildman–Crippen LogP) is 1.06. The molecule has 3 aliphatic rings. The van der Waals surface area contributed by atoms with Crippen molar-refractivity contribution in [1.82, 2.24) is 5.32 Å². The smallest absolute Gasteiger partial charge is 0.324 e. The molecule has 0 radical (unpaired) electrons. The van der Waals surface area contributed by atoms with Gasteiger partial charge in [0.2, 0.25) is 5.78 Å². The molecule has 4 rings (SSSR count). The first-order valence-corrected chi connectivity index (χ1v) is 7.91. The number of ketones is 3. The van der Waals surface area contributed by atoms with Crippen LogP contribution in [0.5, 0.6) is 0 Å². The number of rotatable bonds is 2. The molecule has 6 nitrogen and oxygen atoms in total. The third kappa shape index (κ3) is 1.55. The fraction of sp³-hybridized carbons (Fsp3) is 0.333. The normalized spacial score (nSPS) is 27.9. The van der Waals surface area contributed by atoms with Crippen molar-refractivity contribution in [2.24, 2.45) is 11.3 Å². The molecule has 0 aromatic heterocycles. The summed E-state index contributed by atoms with van der Waals surface area (Å²) < 4.78 is 5.15. The van der Waals surface area contributed by atoms with Crippen LogP contribution in [0, 0.1) is 11.3 Å². The maximum absolute atomic E-state index is 13.1. The van der Waals surface area contributed by atoms with Gasteiger partial charge in [0, 0.05) is 30.0 Å². The van der Waals surface area contributed by atoms with E-state index < -0.39 is 23.1 Å². The zero-order valence-corrected chi connectivity index (χ0v) is 13.0. The fourth-order valence-electron chi connectivity index (χ4n) is 4.01. The molecule has 0 bridgehead atoms. The second-order valence-electron chi connectivity index (χ2n) is 6.21. The van der Waals surface area contributed by atoms with E-state index in [9.17, 15) is 19.2 Å². The summed E-state index contributed by atoms with van der Waals surface area (Å²) in [5.74, 6) is -2.36. The second kappa shape index (κ2) is 4.87. The molecule has 1 aromatic rings. The van der Waals surface area contributed by atoms with Gasteiger partial charge in [-0.05, 0) is 0 Å². The summed E-state index contributed by atoms with van der Waals surface area (Å²) in [5.41, 5.74) is -1.10. The molecule has 1 aliphatic carbocycles. The minimum atomic E-state index is -1.66. The van der Waals surface area contributed by atoms with Crippen LogP contribution in [-0.2, 0) is 14.3 Å². The molecule has 1 saturated heterocycles. The molecule has 122 valence electrons. The molecule has 0 saturated carbocycles. The van der Waals surface area contributed by atoms with E-state index in [-0.39, 0.29) is 53.5 Å². The molecule has 2 atom stereocenters. The van der Waals surface area contributed by atoms with E-state index in [0.717, 1.165) is 0 Å². The van der Waals surface area contributed by atoms with Gasteiger partial charge in [-0.15, -0.1) is 0 Å². The molecular weight excluding hydrogens is 310 g/mol. The number of fused-ring (bicyclic) bond motifs is 3. The zero-order chi connectivity index (χ0) is 17.1. The summed E-state index contributed by atoms with van der Waals surface area (Å²) in [4.78, 5) is 51.3.